The average molecular weight is 349 g/mol. The van der Waals surface area contributed by atoms with Gasteiger partial charge in [-0.3, -0.25) is 4.79 Å². The molecular weight excluding hydrogens is 332 g/mol. The van der Waals surface area contributed by atoms with Gasteiger partial charge >= 0.3 is 0 Å². The second-order valence-corrected chi connectivity index (χ2v) is 6.01. The second kappa shape index (κ2) is 6.41. The lowest BCUT2D eigenvalue weighted by Crippen LogP contribution is -2.23. The lowest BCUT2D eigenvalue weighted by molar-refractivity contribution is -0.116. The van der Waals surface area contributed by atoms with Gasteiger partial charge in [0.1, 0.15) is 12.4 Å². The lowest BCUT2D eigenvalue weighted by atomic mass is 10.3. The fourth-order valence-electron chi connectivity index (χ4n) is 2.08. The first-order valence-electron chi connectivity index (χ1n) is 7.00. The Morgan fingerprint density at radius 1 is 1.38 bits per heavy atom. The maximum absolute atomic E-state index is 12.1. The summed E-state index contributed by atoms with van der Waals surface area (Å²) in [7, 11) is 0. The van der Waals surface area contributed by atoms with E-state index >= 15 is 0 Å². The molecular formula is C15H17BrN4O. The molecule has 2 aromatic rings. The van der Waals surface area contributed by atoms with Crippen LogP contribution in [0, 0.1) is 0 Å². The molecule has 1 aromatic carbocycles. The number of amides is 1. The zero-order valence-electron chi connectivity index (χ0n) is 11.6. The number of aromatic nitrogens is 2. The molecule has 0 spiro atoms. The normalized spacial score (nSPS) is 14.1. The fourth-order valence-corrected chi connectivity index (χ4v) is 2.47. The summed E-state index contributed by atoms with van der Waals surface area (Å²) in [5, 5.41) is 6.31. The van der Waals surface area contributed by atoms with E-state index in [2.05, 4.69) is 31.5 Å². The van der Waals surface area contributed by atoms with E-state index in [4.69, 9.17) is 0 Å². The topological polar surface area (TPSA) is 59.0 Å². The van der Waals surface area contributed by atoms with E-state index < -0.39 is 0 Å². The number of nitrogens with one attached hydrogen (secondary N) is 2. The number of benzene rings is 1. The van der Waals surface area contributed by atoms with Crippen LogP contribution in [-0.4, -0.2) is 21.5 Å². The van der Waals surface area contributed by atoms with Crippen molar-refractivity contribution < 1.29 is 4.79 Å². The average Bonchev–Trinajstić information content (AvgIpc) is 3.20. The molecule has 0 unspecified atom stereocenters. The minimum absolute atomic E-state index is 0.0624. The maximum atomic E-state index is 12.1. The van der Waals surface area contributed by atoms with Crippen molar-refractivity contribution in [2.24, 2.45) is 0 Å². The lowest BCUT2D eigenvalue weighted by Gasteiger charge is -2.10. The minimum Gasteiger partial charge on any atom is -0.324 e. The number of hydrogen-bond donors (Lipinski definition) is 2. The molecule has 5 nitrogen and oxygen atoms in total. The molecule has 0 bridgehead atoms. The zero-order valence-corrected chi connectivity index (χ0v) is 13.1. The van der Waals surface area contributed by atoms with E-state index in [1.807, 2.05) is 35.0 Å². The van der Waals surface area contributed by atoms with Gasteiger partial charge in [-0.2, -0.15) is 0 Å². The number of carbonyl (C=O) groups excluding carboxylic acids is 1. The SMILES string of the molecule is O=C(Cn1ccnc1CNC1CC1)Nc1ccccc1Br. The van der Waals surface area contributed by atoms with Crippen LogP contribution < -0.4 is 10.6 Å². The molecule has 1 heterocycles. The summed E-state index contributed by atoms with van der Waals surface area (Å²) in [6, 6.07) is 8.20. The van der Waals surface area contributed by atoms with Crippen molar-refractivity contribution in [3.05, 3.63) is 47.0 Å². The van der Waals surface area contributed by atoms with Gasteiger partial charge in [0.25, 0.3) is 0 Å². The van der Waals surface area contributed by atoms with E-state index in [1.54, 1.807) is 6.20 Å². The number of halogens is 1. The van der Waals surface area contributed by atoms with Gasteiger partial charge in [0.15, 0.2) is 0 Å². The Bertz CT molecular complexity index is 636. The highest BCUT2D eigenvalue weighted by Gasteiger charge is 2.21. The van der Waals surface area contributed by atoms with Gasteiger partial charge in [-0.05, 0) is 40.9 Å². The number of rotatable bonds is 6. The third kappa shape index (κ3) is 3.92. The molecule has 1 fully saturated rings. The largest absolute Gasteiger partial charge is 0.324 e. The number of anilines is 1. The molecule has 0 radical (unpaired) electrons. The van der Waals surface area contributed by atoms with Crippen LogP contribution >= 0.6 is 15.9 Å². The Kier molecular flexibility index (Phi) is 4.36. The molecule has 2 N–H and O–H groups in total. The predicted octanol–water partition coefficient (Wildman–Crippen LogP) is 2.54. The molecule has 6 heteroatoms. The van der Waals surface area contributed by atoms with E-state index in [0.717, 1.165) is 16.0 Å². The first-order chi connectivity index (χ1) is 10.2. The zero-order chi connectivity index (χ0) is 14.7. The van der Waals surface area contributed by atoms with Gasteiger partial charge < -0.3 is 15.2 Å². The van der Waals surface area contributed by atoms with Crippen LogP contribution in [-0.2, 0) is 17.9 Å². The van der Waals surface area contributed by atoms with Crippen LogP contribution in [0.4, 0.5) is 5.69 Å². The van der Waals surface area contributed by atoms with Crippen LogP contribution in [0.5, 0.6) is 0 Å². The second-order valence-electron chi connectivity index (χ2n) is 5.15. The third-order valence-corrected chi connectivity index (χ3v) is 4.08. The Hall–Kier alpha value is -1.66. The molecule has 21 heavy (non-hydrogen) atoms. The van der Waals surface area contributed by atoms with Crippen LogP contribution in [0.3, 0.4) is 0 Å². The monoisotopic (exact) mass is 348 g/mol. The van der Waals surface area contributed by atoms with Gasteiger partial charge in [0.05, 0.1) is 12.2 Å². The van der Waals surface area contributed by atoms with Gasteiger partial charge in [-0.15, -0.1) is 0 Å². The fraction of sp³-hybridized carbons (Fsp3) is 0.333. The molecule has 1 saturated carbocycles. The van der Waals surface area contributed by atoms with E-state index in [1.165, 1.54) is 12.8 Å². The van der Waals surface area contributed by atoms with Crippen molar-refractivity contribution in [1.82, 2.24) is 14.9 Å². The van der Waals surface area contributed by atoms with Crippen LogP contribution in [0.1, 0.15) is 18.7 Å². The highest BCUT2D eigenvalue weighted by atomic mass is 79.9. The van der Waals surface area contributed by atoms with Gasteiger partial charge in [-0.1, -0.05) is 12.1 Å². The van der Waals surface area contributed by atoms with Crippen molar-refractivity contribution in [1.29, 1.82) is 0 Å². The van der Waals surface area contributed by atoms with Crippen molar-refractivity contribution in [3.63, 3.8) is 0 Å². The summed E-state index contributed by atoms with van der Waals surface area (Å²) < 4.78 is 2.75. The summed E-state index contributed by atoms with van der Waals surface area (Å²) in [4.78, 5) is 16.4. The third-order valence-electron chi connectivity index (χ3n) is 3.39. The summed E-state index contributed by atoms with van der Waals surface area (Å²) in [6.07, 6.45) is 6.05. The Morgan fingerprint density at radius 3 is 2.95 bits per heavy atom. The van der Waals surface area contributed by atoms with E-state index in [9.17, 15) is 4.79 Å². The van der Waals surface area contributed by atoms with Crippen LogP contribution in [0.25, 0.3) is 0 Å². The summed E-state index contributed by atoms with van der Waals surface area (Å²) in [6.45, 7) is 0.975. The summed E-state index contributed by atoms with van der Waals surface area (Å²) >= 11 is 3.42. The summed E-state index contributed by atoms with van der Waals surface area (Å²) in [5.41, 5.74) is 0.778. The smallest absolute Gasteiger partial charge is 0.244 e. The number of hydrogen-bond acceptors (Lipinski definition) is 3. The van der Waals surface area contributed by atoms with Gasteiger partial charge in [0, 0.05) is 22.9 Å². The predicted molar refractivity (Wildman–Crippen MR) is 84.9 cm³/mol. The first kappa shape index (κ1) is 14.3. The highest BCUT2D eigenvalue weighted by molar-refractivity contribution is 9.10. The number of carbonyl (C=O) groups is 1. The molecule has 1 aromatic heterocycles. The number of para-hydroxylation sites is 1. The van der Waals surface area contributed by atoms with Crippen molar-refractivity contribution >= 4 is 27.5 Å². The Labute approximate surface area is 131 Å². The highest BCUT2D eigenvalue weighted by Crippen LogP contribution is 2.21. The molecule has 3 rings (SSSR count). The van der Waals surface area contributed by atoms with Gasteiger partial charge in [-0.25, -0.2) is 4.98 Å². The standard InChI is InChI=1S/C15H17BrN4O/c16-12-3-1-2-4-13(12)19-15(21)10-20-8-7-17-14(20)9-18-11-5-6-11/h1-4,7-8,11,18H,5-6,9-10H2,(H,19,21). The van der Waals surface area contributed by atoms with Crippen molar-refractivity contribution in [2.75, 3.05) is 5.32 Å². The van der Waals surface area contributed by atoms with Crippen molar-refractivity contribution in [2.45, 2.75) is 32.0 Å². The quantitative estimate of drug-likeness (QED) is 0.843. The van der Waals surface area contributed by atoms with E-state index in [0.29, 0.717) is 12.6 Å². The Morgan fingerprint density at radius 2 is 2.19 bits per heavy atom. The Balaban J connectivity index is 1.59. The molecule has 1 amide bonds. The molecule has 110 valence electrons. The van der Waals surface area contributed by atoms with Crippen LogP contribution in [0.2, 0.25) is 0 Å². The molecule has 0 saturated heterocycles. The van der Waals surface area contributed by atoms with Crippen molar-refractivity contribution in [3.8, 4) is 0 Å². The summed E-state index contributed by atoms with van der Waals surface area (Å²) in [5.74, 6) is 0.830. The molecule has 0 aliphatic heterocycles. The molecule has 1 aliphatic rings. The van der Waals surface area contributed by atoms with Gasteiger partial charge in [0.2, 0.25) is 5.91 Å². The number of imidazole rings is 1. The van der Waals surface area contributed by atoms with Crippen LogP contribution in [0.15, 0.2) is 41.1 Å². The minimum atomic E-state index is -0.0624. The number of nitrogens with zero attached hydrogens (tertiary/aromatic N) is 2. The molecule has 1 aliphatic carbocycles. The van der Waals surface area contributed by atoms with E-state index in [-0.39, 0.29) is 12.5 Å². The maximum Gasteiger partial charge on any atom is 0.244 e. The first-order valence-corrected chi connectivity index (χ1v) is 7.79. The molecule has 0 atom stereocenters.